The number of halogens is 4. The molecule has 0 aliphatic heterocycles. The van der Waals surface area contributed by atoms with Crippen LogP contribution in [0.25, 0.3) is 0 Å². The van der Waals surface area contributed by atoms with E-state index in [-0.39, 0.29) is 17.0 Å². The predicted octanol–water partition coefficient (Wildman–Crippen LogP) is 4.71. The van der Waals surface area contributed by atoms with E-state index < -0.39 is 17.5 Å². The number of hydrogen-bond donors (Lipinski definition) is 1. The van der Waals surface area contributed by atoms with Crippen LogP contribution in [0.5, 0.6) is 11.5 Å². The van der Waals surface area contributed by atoms with Crippen LogP contribution in [0.4, 0.5) is 18.9 Å². The van der Waals surface area contributed by atoms with Crippen LogP contribution < -0.4 is 10.5 Å². The summed E-state index contributed by atoms with van der Waals surface area (Å²) in [5, 5.41) is 9.00. The first-order chi connectivity index (χ1) is 9.81. The van der Waals surface area contributed by atoms with E-state index >= 15 is 0 Å². The predicted molar refractivity (Wildman–Crippen MR) is 74.8 cm³/mol. The van der Waals surface area contributed by atoms with E-state index in [4.69, 9.17) is 15.7 Å². The maximum Gasteiger partial charge on any atom is 0.420 e. The van der Waals surface area contributed by atoms with Gasteiger partial charge in [-0.25, -0.2) is 0 Å². The minimum atomic E-state index is -4.60. The van der Waals surface area contributed by atoms with Crippen molar-refractivity contribution in [2.45, 2.75) is 6.18 Å². The lowest BCUT2D eigenvalue weighted by Crippen LogP contribution is -2.08. The van der Waals surface area contributed by atoms with Crippen LogP contribution in [0.1, 0.15) is 11.1 Å². The second kappa shape index (κ2) is 5.66. The highest BCUT2D eigenvalue weighted by Gasteiger charge is 2.35. The van der Waals surface area contributed by atoms with Gasteiger partial charge in [0.25, 0.3) is 0 Å². The van der Waals surface area contributed by atoms with Gasteiger partial charge in [0.05, 0.1) is 5.56 Å². The average molecular weight is 357 g/mol. The van der Waals surface area contributed by atoms with Gasteiger partial charge < -0.3 is 10.5 Å². The molecule has 0 fully saturated rings. The lowest BCUT2D eigenvalue weighted by Gasteiger charge is -2.15. The molecule has 0 atom stereocenters. The number of alkyl halides is 3. The van der Waals surface area contributed by atoms with Crippen LogP contribution in [-0.2, 0) is 6.18 Å². The third-order valence-corrected chi connectivity index (χ3v) is 3.08. The molecule has 0 radical (unpaired) electrons. The van der Waals surface area contributed by atoms with Crippen LogP contribution in [-0.4, -0.2) is 0 Å². The summed E-state index contributed by atoms with van der Waals surface area (Å²) in [5.41, 5.74) is 4.49. The fourth-order valence-electron chi connectivity index (χ4n) is 1.66. The molecule has 0 amide bonds. The van der Waals surface area contributed by atoms with E-state index in [0.29, 0.717) is 4.47 Å². The van der Waals surface area contributed by atoms with E-state index in [1.165, 1.54) is 18.2 Å². The number of rotatable bonds is 2. The molecule has 2 aromatic carbocycles. The van der Waals surface area contributed by atoms with E-state index in [2.05, 4.69) is 15.9 Å². The monoisotopic (exact) mass is 356 g/mol. The number of nitriles is 1. The Hall–Kier alpha value is -2.20. The standard InChI is InChI=1S/C14H8BrF3N2O/c15-9-1-3-12(8(5-9)7-19)21-13-4-2-10(20)6-11(13)14(16,17)18/h1-6H,20H2. The molecule has 0 aliphatic carbocycles. The molecule has 21 heavy (non-hydrogen) atoms. The molecule has 7 heteroatoms. The van der Waals surface area contributed by atoms with E-state index in [1.54, 1.807) is 6.07 Å². The Morgan fingerprint density at radius 2 is 1.76 bits per heavy atom. The highest BCUT2D eigenvalue weighted by Crippen LogP contribution is 2.40. The van der Waals surface area contributed by atoms with E-state index in [1.807, 2.05) is 6.07 Å². The number of anilines is 1. The first-order valence-corrected chi connectivity index (χ1v) is 6.45. The molecule has 0 aliphatic rings. The molecular formula is C14H8BrF3N2O. The molecule has 0 unspecified atom stereocenters. The largest absolute Gasteiger partial charge is 0.455 e. The normalized spacial score (nSPS) is 11.0. The summed E-state index contributed by atoms with van der Waals surface area (Å²) in [5.74, 6) is -0.369. The molecule has 0 bridgehead atoms. The van der Waals surface area contributed by atoms with Crippen molar-refractivity contribution >= 4 is 21.6 Å². The van der Waals surface area contributed by atoms with Crippen molar-refractivity contribution in [3.8, 4) is 17.6 Å². The van der Waals surface area contributed by atoms with Crippen molar-refractivity contribution in [2.75, 3.05) is 5.73 Å². The summed E-state index contributed by atoms with van der Waals surface area (Å²) in [4.78, 5) is 0. The van der Waals surface area contributed by atoms with Crippen LogP contribution >= 0.6 is 15.9 Å². The molecule has 2 rings (SSSR count). The van der Waals surface area contributed by atoms with Crippen molar-refractivity contribution < 1.29 is 17.9 Å². The van der Waals surface area contributed by atoms with Gasteiger partial charge in [0, 0.05) is 10.2 Å². The molecular weight excluding hydrogens is 349 g/mol. The van der Waals surface area contributed by atoms with Crippen molar-refractivity contribution in [3.05, 3.63) is 52.0 Å². The lowest BCUT2D eigenvalue weighted by molar-refractivity contribution is -0.138. The lowest BCUT2D eigenvalue weighted by atomic mass is 10.1. The van der Waals surface area contributed by atoms with E-state index in [9.17, 15) is 13.2 Å². The van der Waals surface area contributed by atoms with Gasteiger partial charge in [0.1, 0.15) is 23.1 Å². The number of hydrogen-bond acceptors (Lipinski definition) is 3. The molecule has 0 heterocycles. The van der Waals surface area contributed by atoms with Crippen molar-refractivity contribution in [1.29, 1.82) is 5.26 Å². The Balaban J connectivity index is 2.48. The molecule has 0 saturated carbocycles. The van der Waals surface area contributed by atoms with E-state index in [0.717, 1.165) is 12.1 Å². The maximum atomic E-state index is 13.0. The highest BCUT2D eigenvalue weighted by atomic mass is 79.9. The van der Waals surface area contributed by atoms with Gasteiger partial charge in [-0.15, -0.1) is 0 Å². The first kappa shape index (κ1) is 15.2. The van der Waals surface area contributed by atoms with Gasteiger partial charge in [0.15, 0.2) is 0 Å². The minimum Gasteiger partial charge on any atom is -0.455 e. The zero-order valence-corrected chi connectivity index (χ0v) is 12.0. The maximum absolute atomic E-state index is 13.0. The quantitative estimate of drug-likeness (QED) is 0.792. The number of benzene rings is 2. The van der Waals surface area contributed by atoms with Gasteiger partial charge >= 0.3 is 6.18 Å². The van der Waals surface area contributed by atoms with Crippen LogP contribution in [0.15, 0.2) is 40.9 Å². The van der Waals surface area contributed by atoms with Crippen molar-refractivity contribution in [1.82, 2.24) is 0 Å². The summed E-state index contributed by atoms with van der Waals surface area (Å²) < 4.78 is 44.8. The van der Waals surface area contributed by atoms with Crippen molar-refractivity contribution in [2.24, 2.45) is 0 Å². The van der Waals surface area contributed by atoms with Gasteiger partial charge in [-0.05, 0) is 36.4 Å². The summed E-state index contributed by atoms with van der Waals surface area (Å²) in [6.45, 7) is 0. The summed E-state index contributed by atoms with van der Waals surface area (Å²) in [6.07, 6.45) is -4.60. The fourth-order valence-corrected chi connectivity index (χ4v) is 2.02. The Morgan fingerprint density at radius 1 is 1.10 bits per heavy atom. The molecule has 3 nitrogen and oxygen atoms in total. The molecule has 2 N–H and O–H groups in total. The van der Waals surface area contributed by atoms with Gasteiger partial charge in [-0.3, -0.25) is 0 Å². The number of ether oxygens (including phenoxy) is 1. The molecule has 2 aromatic rings. The summed E-state index contributed by atoms with van der Waals surface area (Å²) in [6, 6.07) is 9.53. The van der Waals surface area contributed by atoms with Gasteiger partial charge in [-0.1, -0.05) is 15.9 Å². The molecule has 0 aromatic heterocycles. The minimum absolute atomic E-state index is 0.0222. The topological polar surface area (TPSA) is 59.0 Å². The number of nitrogens with two attached hydrogens (primary N) is 1. The SMILES string of the molecule is N#Cc1cc(Br)ccc1Oc1ccc(N)cc1C(F)(F)F. The smallest absolute Gasteiger partial charge is 0.420 e. The first-order valence-electron chi connectivity index (χ1n) is 5.65. The van der Waals surface area contributed by atoms with Gasteiger partial charge in [-0.2, -0.15) is 18.4 Å². The third kappa shape index (κ3) is 3.47. The number of nitrogens with zero attached hydrogens (tertiary/aromatic N) is 1. The van der Waals surface area contributed by atoms with Crippen LogP contribution in [0, 0.1) is 11.3 Å². The zero-order valence-electron chi connectivity index (χ0n) is 10.4. The van der Waals surface area contributed by atoms with Gasteiger partial charge in [0.2, 0.25) is 0 Å². The summed E-state index contributed by atoms with van der Waals surface area (Å²) in [7, 11) is 0. The Morgan fingerprint density at radius 3 is 2.38 bits per heavy atom. The Kier molecular flexibility index (Phi) is 4.09. The van der Waals surface area contributed by atoms with Crippen molar-refractivity contribution in [3.63, 3.8) is 0 Å². The summed E-state index contributed by atoms with van der Waals surface area (Å²) >= 11 is 3.18. The Labute approximate surface area is 126 Å². The molecule has 0 spiro atoms. The Bertz CT molecular complexity index is 723. The molecule has 108 valence electrons. The average Bonchev–Trinajstić information content (AvgIpc) is 2.41. The second-order valence-corrected chi connectivity index (χ2v) is 5.02. The van der Waals surface area contributed by atoms with Crippen LogP contribution in [0.2, 0.25) is 0 Å². The highest BCUT2D eigenvalue weighted by molar-refractivity contribution is 9.10. The second-order valence-electron chi connectivity index (χ2n) is 4.11. The molecule has 0 saturated heterocycles. The number of nitrogen functional groups attached to an aromatic ring is 1. The third-order valence-electron chi connectivity index (χ3n) is 2.59. The van der Waals surface area contributed by atoms with Crippen LogP contribution in [0.3, 0.4) is 0 Å². The fraction of sp³-hybridized carbons (Fsp3) is 0.0714. The zero-order chi connectivity index (χ0) is 15.6.